The minimum absolute atomic E-state index is 0.164. The number of amides is 2. The van der Waals surface area contributed by atoms with Crippen LogP contribution in [0.5, 0.6) is 0 Å². The van der Waals surface area contributed by atoms with Crippen LogP contribution in [0.2, 0.25) is 0 Å². The van der Waals surface area contributed by atoms with Gasteiger partial charge in [-0.1, -0.05) is 67.6 Å². The largest absolute Gasteiger partial charge is 0.341 e. The molecule has 0 aliphatic rings. The van der Waals surface area contributed by atoms with Crippen LogP contribution in [-0.4, -0.2) is 23.8 Å². The zero-order chi connectivity index (χ0) is 17.5. The highest BCUT2D eigenvalue weighted by Crippen LogP contribution is 2.19. The summed E-state index contributed by atoms with van der Waals surface area (Å²) in [5.74, 6) is -1.10. The molecule has 2 rings (SSSR count). The minimum Gasteiger partial charge on any atom is -0.341 e. The van der Waals surface area contributed by atoms with Gasteiger partial charge in [0.25, 0.3) is 0 Å². The van der Waals surface area contributed by atoms with Crippen LogP contribution in [0, 0.1) is 0 Å². The van der Waals surface area contributed by atoms with E-state index >= 15 is 0 Å². The van der Waals surface area contributed by atoms with Crippen molar-refractivity contribution in [2.45, 2.75) is 32.4 Å². The lowest BCUT2D eigenvalue weighted by Gasteiger charge is -2.26. The second kappa shape index (κ2) is 8.29. The molecule has 126 valence electrons. The first-order valence-electron chi connectivity index (χ1n) is 8.22. The first-order valence-corrected chi connectivity index (χ1v) is 8.22. The molecule has 0 bridgehead atoms. The van der Waals surface area contributed by atoms with Crippen molar-refractivity contribution < 1.29 is 9.59 Å². The second-order valence-corrected chi connectivity index (χ2v) is 5.85. The Morgan fingerprint density at radius 3 is 1.96 bits per heavy atom. The minimum atomic E-state index is -0.573. The van der Waals surface area contributed by atoms with Gasteiger partial charge < -0.3 is 10.2 Å². The average molecular weight is 324 g/mol. The average Bonchev–Trinajstić information content (AvgIpc) is 2.65. The number of carbonyl (C=O) groups is 2. The monoisotopic (exact) mass is 324 g/mol. The predicted octanol–water partition coefficient (Wildman–Crippen LogP) is 3.47. The number of hydrogen-bond acceptors (Lipinski definition) is 2. The van der Waals surface area contributed by atoms with Crippen LogP contribution in [0.3, 0.4) is 0 Å². The molecule has 2 aromatic rings. The smallest absolute Gasteiger partial charge is 0.312 e. The molecule has 0 saturated carbocycles. The van der Waals surface area contributed by atoms with Crippen LogP contribution in [0.25, 0.3) is 0 Å². The molecule has 0 radical (unpaired) electrons. The molecule has 0 unspecified atom stereocenters. The van der Waals surface area contributed by atoms with Crippen molar-refractivity contribution in [1.29, 1.82) is 0 Å². The highest BCUT2D eigenvalue weighted by Gasteiger charge is 2.25. The highest BCUT2D eigenvalue weighted by atomic mass is 16.2. The Kier molecular flexibility index (Phi) is 6.13. The summed E-state index contributed by atoms with van der Waals surface area (Å²) in [6.45, 7) is 3.90. The fourth-order valence-electron chi connectivity index (χ4n) is 2.62. The zero-order valence-electron chi connectivity index (χ0n) is 14.4. The Bertz CT molecular complexity index is 671. The Balaban J connectivity index is 2.04. The lowest BCUT2D eigenvalue weighted by Crippen LogP contribution is -2.43. The summed E-state index contributed by atoms with van der Waals surface area (Å²) in [6.07, 6.45) is 0.723. The maximum atomic E-state index is 12.5. The molecule has 4 nitrogen and oxygen atoms in total. The van der Waals surface area contributed by atoms with E-state index in [0.29, 0.717) is 0 Å². The summed E-state index contributed by atoms with van der Waals surface area (Å²) in [6, 6.07) is 19.0. The van der Waals surface area contributed by atoms with Gasteiger partial charge >= 0.3 is 11.8 Å². The summed E-state index contributed by atoms with van der Waals surface area (Å²) in [5, 5.41) is 2.84. The van der Waals surface area contributed by atoms with Gasteiger partial charge in [-0.15, -0.1) is 0 Å². The molecule has 1 N–H and O–H groups in total. The first kappa shape index (κ1) is 17.7. The summed E-state index contributed by atoms with van der Waals surface area (Å²) < 4.78 is 0. The molecule has 0 saturated heterocycles. The molecule has 24 heavy (non-hydrogen) atoms. The van der Waals surface area contributed by atoms with Crippen LogP contribution >= 0.6 is 0 Å². The van der Waals surface area contributed by atoms with E-state index in [1.54, 1.807) is 7.05 Å². The number of likely N-dealkylation sites (N-methyl/N-ethyl adjacent to an activating group) is 1. The maximum absolute atomic E-state index is 12.5. The maximum Gasteiger partial charge on any atom is 0.312 e. The third kappa shape index (κ3) is 4.22. The van der Waals surface area contributed by atoms with Crippen LogP contribution in [0.15, 0.2) is 60.7 Å². The molecule has 0 aliphatic heterocycles. The van der Waals surface area contributed by atoms with Gasteiger partial charge in [0.15, 0.2) is 0 Å². The molecule has 0 spiro atoms. The van der Waals surface area contributed by atoms with E-state index < -0.39 is 11.8 Å². The lowest BCUT2D eigenvalue weighted by molar-refractivity contribution is -0.146. The van der Waals surface area contributed by atoms with E-state index in [0.717, 1.165) is 17.5 Å². The van der Waals surface area contributed by atoms with E-state index in [1.807, 2.05) is 74.5 Å². The standard InChI is InChI=1S/C20H24N2O2/c1-4-18(17-13-9-6-10-14-17)21-19(23)20(24)22(3)15(2)16-11-7-5-8-12-16/h5-15,18H,4H2,1-3H3,(H,21,23)/t15-,18-/m1/s1. The Morgan fingerprint density at radius 1 is 0.958 bits per heavy atom. The van der Waals surface area contributed by atoms with Crippen LogP contribution in [0.4, 0.5) is 0 Å². The third-order valence-electron chi connectivity index (χ3n) is 4.29. The quantitative estimate of drug-likeness (QED) is 0.856. The summed E-state index contributed by atoms with van der Waals surface area (Å²) >= 11 is 0. The predicted molar refractivity (Wildman–Crippen MR) is 95.2 cm³/mol. The molecular formula is C20H24N2O2. The van der Waals surface area contributed by atoms with Crippen molar-refractivity contribution in [2.24, 2.45) is 0 Å². The summed E-state index contributed by atoms with van der Waals surface area (Å²) in [5.41, 5.74) is 2.00. The Hall–Kier alpha value is -2.62. The molecule has 4 heteroatoms. The number of nitrogens with one attached hydrogen (secondary N) is 1. The Labute approximate surface area is 143 Å². The number of benzene rings is 2. The van der Waals surface area contributed by atoms with E-state index in [1.165, 1.54) is 4.90 Å². The van der Waals surface area contributed by atoms with E-state index in [9.17, 15) is 9.59 Å². The molecular weight excluding hydrogens is 300 g/mol. The van der Waals surface area contributed by atoms with Crippen molar-refractivity contribution in [3.8, 4) is 0 Å². The first-order chi connectivity index (χ1) is 11.5. The van der Waals surface area contributed by atoms with Gasteiger partial charge in [0, 0.05) is 7.05 Å². The molecule has 0 aromatic heterocycles. The molecule has 0 aliphatic carbocycles. The highest BCUT2D eigenvalue weighted by molar-refractivity contribution is 6.35. The van der Waals surface area contributed by atoms with Gasteiger partial charge in [0.05, 0.1) is 12.1 Å². The van der Waals surface area contributed by atoms with Gasteiger partial charge in [-0.3, -0.25) is 9.59 Å². The second-order valence-electron chi connectivity index (χ2n) is 5.85. The molecule has 0 fully saturated rings. The van der Waals surface area contributed by atoms with Crippen molar-refractivity contribution in [3.63, 3.8) is 0 Å². The number of hydrogen-bond donors (Lipinski definition) is 1. The Morgan fingerprint density at radius 2 is 1.46 bits per heavy atom. The summed E-state index contributed by atoms with van der Waals surface area (Å²) in [4.78, 5) is 26.3. The SMILES string of the molecule is CC[C@@H](NC(=O)C(=O)N(C)[C@H](C)c1ccccc1)c1ccccc1. The van der Waals surface area contributed by atoms with Crippen LogP contribution in [0.1, 0.15) is 43.5 Å². The van der Waals surface area contributed by atoms with E-state index in [4.69, 9.17) is 0 Å². The fraction of sp³-hybridized carbons (Fsp3) is 0.300. The van der Waals surface area contributed by atoms with Crippen LogP contribution < -0.4 is 5.32 Å². The number of rotatable bonds is 5. The molecule has 2 amide bonds. The van der Waals surface area contributed by atoms with Gasteiger partial charge in [-0.05, 0) is 24.5 Å². The number of carbonyl (C=O) groups excluding carboxylic acids is 2. The zero-order valence-corrected chi connectivity index (χ0v) is 14.4. The molecule has 2 atom stereocenters. The van der Waals surface area contributed by atoms with Crippen molar-refractivity contribution in [2.75, 3.05) is 7.05 Å². The third-order valence-corrected chi connectivity index (χ3v) is 4.29. The van der Waals surface area contributed by atoms with Crippen molar-refractivity contribution in [3.05, 3.63) is 71.8 Å². The van der Waals surface area contributed by atoms with Crippen LogP contribution in [-0.2, 0) is 9.59 Å². The summed E-state index contributed by atoms with van der Waals surface area (Å²) in [7, 11) is 1.66. The normalized spacial score (nSPS) is 13.0. The van der Waals surface area contributed by atoms with Gasteiger partial charge in [-0.25, -0.2) is 0 Å². The van der Waals surface area contributed by atoms with Gasteiger partial charge in [-0.2, -0.15) is 0 Å². The van der Waals surface area contributed by atoms with Crippen molar-refractivity contribution >= 4 is 11.8 Å². The van der Waals surface area contributed by atoms with Gasteiger partial charge in [0.2, 0.25) is 0 Å². The number of nitrogens with zero attached hydrogens (tertiary/aromatic N) is 1. The fourth-order valence-corrected chi connectivity index (χ4v) is 2.62. The topological polar surface area (TPSA) is 49.4 Å². The van der Waals surface area contributed by atoms with E-state index in [2.05, 4.69) is 5.32 Å². The van der Waals surface area contributed by atoms with E-state index in [-0.39, 0.29) is 12.1 Å². The lowest BCUT2D eigenvalue weighted by atomic mass is 10.0. The molecule has 0 heterocycles. The van der Waals surface area contributed by atoms with Crippen molar-refractivity contribution in [1.82, 2.24) is 10.2 Å². The van der Waals surface area contributed by atoms with Gasteiger partial charge in [0.1, 0.15) is 0 Å². The molecule has 2 aromatic carbocycles.